The highest BCUT2D eigenvalue weighted by Crippen LogP contribution is 2.40. The summed E-state index contributed by atoms with van der Waals surface area (Å²) in [4.78, 5) is 14.9. The molecule has 9 nitrogen and oxygen atoms in total. The number of rotatable bonds is 5. The number of benzene rings is 1. The molecule has 0 atom stereocenters. The summed E-state index contributed by atoms with van der Waals surface area (Å²) >= 11 is 0. The minimum atomic E-state index is -0.518. The van der Waals surface area contributed by atoms with Gasteiger partial charge >= 0.3 is 5.69 Å². The second kappa shape index (κ2) is 5.60. The van der Waals surface area contributed by atoms with Crippen LogP contribution in [0.4, 0.5) is 5.69 Å². The summed E-state index contributed by atoms with van der Waals surface area (Å²) in [5, 5.41) is 15.5. The average molecular weight is 306 g/mol. The van der Waals surface area contributed by atoms with Crippen LogP contribution in [-0.4, -0.2) is 46.1 Å². The van der Waals surface area contributed by atoms with Crippen molar-refractivity contribution in [2.75, 3.05) is 20.3 Å². The van der Waals surface area contributed by atoms with Gasteiger partial charge in [0.2, 0.25) is 5.75 Å². The molecule has 9 heteroatoms. The topological polar surface area (TPSA) is 102 Å². The molecule has 3 rings (SSSR count). The average Bonchev–Trinajstić information content (AvgIpc) is 2.88. The Morgan fingerprint density at radius 1 is 1.45 bits per heavy atom. The van der Waals surface area contributed by atoms with Crippen LogP contribution >= 0.6 is 0 Å². The van der Waals surface area contributed by atoms with Crippen molar-refractivity contribution in [3.05, 3.63) is 28.6 Å². The molecular weight excluding hydrogens is 292 g/mol. The van der Waals surface area contributed by atoms with Gasteiger partial charge in [-0.3, -0.25) is 14.8 Å². The standard InChI is InChI=1S/C13H14N4O5/c1-16-7-14-13(15-16)10-3-8(22-9-5-21-6-9)4-11(17(18)19)12(10)20-2/h3-4,7,9H,5-6H2,1-2H3. The van der Waals surface area contributed by atoms with Gasteiger partial charge in [0.05, 0.1) is 36.9 Å². The third-order valence-corrected chi connectivity index (χ3v) is 3.19. The molecule has 1 aromatic carbocycles. The number of nitro groups is 1. The summed E-state index contributed by atoms with van der Waals surface area (Å²) in [5.41, 5.74) is 0.218. The van der Waals surface area contributed by atoms with E-state index in [0.717, 1.165) is 0 Å². The quantitative estimate of drug-likeness (QED) is 0.603. The monoisotopic (exact) mass is 306 g/mol. The molecule has 1 aliphatic heterocycles. The van der Waals surface area contributed by atoms with E-state index in [1.54, 1.807) is 13.1 Å². The maximum atomic E-state index is 11.3. The van der Waals surface area contributed by atoms with Crippen LogP contribution < -0.4 is 9.47 Å². The number of nitrogens with zero attached hydrogens (tertiary/aromatic N) is 4. The van der Waals surface area contributed by atoms with Crippen LogP contribution in [0.15, 0.2) is 18.5 Å². The Morgan fingerprint density at radius 2 is 2.23 bits per heavy atom. The fourth-order valence-electron chi connectivity index (χ4n) is 2.11. The van der Waals surface area contributed by atoms with Crippen LogP contribution in [0.25, 0.3) is 11.4 Å². The SMILES string of the molecule is COc1c(-c2ncn(C)n2)cc(OC2COC2)cc1[N+](=O)[O-]. The highest BCUT2D eigenvalue weighted by Gasteiger charge is 2.27. The van der Waals surface area contributed by atoms with E-state index in [1.165, 1.54) is 24.2 Å². The van der Waals surface area contributed by atoms with Gasteiger partial charge in [-0.2, -0.15) is 5.10 Å². The van der Waals surface area contributed by atoms with Gasteiger partial charge in [0.1, 0.15) is 18.2 Å². The molecule has 2 aromatic rings. The van der Waals surface area contributed by atoms with Crippen LogP contribution in [-0.2, 0) is 11.8 Å². The molecule has 0 spiro atoms. The molecule has 0 radical (unpaired) electrons. The van der Waals surface area contributed by atoms with Crippen LogP contribution in [0, 0.1) is 10.1 Å². The zero-order valence-corrected chi connectivity index (χ0v) is 12.1. The van der Waals surface area contributed by atoms with Crippen molar-refractivity contribution in [3.8, 4) is 22.9 Å². The van der Waals surface area contributed by atoms with E-state index in [1.807, 2.05) is 0 Å². The number of hydrogen-bond acceptors (Lipinski definition) is 7. The number of aromatic nitrogens is 3. The molecule has 0 aliphatic carbocycles. The maximum Gasteiger partial charge on any atom is 0.315 e. The molecule has 1 aromatic heterocycles. The zero-order chi connectivity index (χ0) is 15.7. The molecule has 1 saturated heterocycles. The molecule has 0 saturated carbocycles. The van der Waals surface area contributed by atoms with Crippen LogP contribution in [0.3, 0.4) is 0 Å². The molecule has 22 heavy (non-hydrogen) atoms. The number of hydrogen-bond donors (Lipinski definition) is 0. The van der Waals surface area contributed by atoms with Gasteiger partial charge in [-0.15, -0.1) is 0 Å². The highest BCUT2D eigenvalue weighted by atomic mass is 16.6. The zero-order valence-electron chi connectivity index (χ0n) is 12.1. The van der Waals surface area contributed by atoms with Crippen molar-refractivity contribution in [2.24, 2.45) is 7.05 Å². The largest absolute Gasteiger partial charge is 0.490 e. The lowest BCUT2D eigenvalue weighted by Gasteiger charge is -2.26. The van der Waals surface area contributed by atoms with Gasteiger partial charge in [0, 0.05) is 7.05 Å². The lowest BCUT2D eigenvalue weighted by atomic mass is 10.1. The number of ether oxygens (including phenoxy) is 3. The Balaban J connectivity index is 2.09. The third kappa shape index (κ3) is 2.58. The van der Waals surface area contributed by atoms with Crippen molar-refractivity contribution in [1.29, 1.82) is 0 Å². The van der Waals surface area contributed by atoms with Crippen LogP contribution in [0.1, 0.15) is 0 Å². The van der Waals surface area contributed by atoms with Crippen molar-refractivity contribution in [2.45, 2.75) is 6.10 Å². The predicted octanol–water partition coefficient (Wildman–Crippen LogP) is 1.18. The Morgan fingerprint density at radius 3 is 2.73 bits per heavy atom. The van der Waals surface area contributed by atoms with E-state index in [4.69, 9.17) is 14.2 Å². The fraction of sp³-hybridized carbons (Fsp3) is 0.385. The summed E-state index contributed by atoms with van der Waals surface area (Å²) in [7, 11) is 3.08. The molecule has 0 N–H and O–H groups in total. The Hall–Kier alpha value is -2.68. The Kier molecular flexibility index (Phi) is 3.63. The van der Waals surface area contributed by atoms with Gasteiger partial charge in [0.25, 0.3) is 0 Å². The van der Waals surface area contributed by atoms with E-state index in [2.05, 4.69) is 10.1 Å². The predicted molar refractivity (Wildman–Crippen MR) is 74.9 cm³/mol. The van der Waals surface area contributed by atoms with Crippen molar-refractivity contribution in [3.63, 3.8) is 0 Å². The summed E-state index contributed by atoms with van der Waals surface area (Å²) in [5.74, 6) is 0.800. The first-order valence-corrected chi connectivity index (χ1v) is 6.55. The first-order valence-electron chi connectivity index (χ1n) is 6.55. The van der Waals surface area contributed by atoms with Gasteiger partial charge in [0.15, 0.2) is 5.82 Å². The van der Waals surface area contributed by atoms with E-state index in [0.29, 0.717) is 30.4 Å². The summed E-state index contributed by atoms with van der Waals surface area (Å²) in [6.45, 7) is 0.938. The second-order valence-corrected chi connectivity index (χ2v) is 4.80. The molecule has 0 amide bonds. The highest BCUT2D eigenvalue weighted by molar-refractivity contribution is 5.73. The molecule has 116 valence electrons. The summed E-state index contributed by atoms with van der Waals surface area (Å²) in [6, 6.07) is 2.98. The lowest BCUT2D eigenvalue weighted by molar-refractivity contribution is -0.385. The van der Waals surface area contributed by atoms with E-state index in [-0.39, 0.29) is 17.5 Å². The van der Waals surface area contributed by atoms with E-state index in [9.17, 15) is 10.1 Å². The maximum absolute atomic E-state index is 11.3. The fourth-order valence-corrected chi connectivity index (χ4v) is 2.11. The molecule has 1 aliphatic rings. The minimum absolute atomic E-state index is 0.0995. The molecule has 2 heterocycles. The molecule has 1 fully saturated rings. The first kappa shape index (κ1) is 14.3. The second-order valence-electron chi connectivity index (χ2n) is 4.80. The Labute approximate surface area is 125 Å². The van der Waals surface area contributed by atoms with Gasteiger partial charge in [-0.1, -0.05) is 0 Å². The van der Waals surface area contributed by atoms with Crippen molar-refractivity contribution in [1.82, 2.24) is 14.8 Å². The Bertz CT molecular complexity index is 710. The normalized spacial score (nSPS) is 14.5. The van der Waals surface area contributed by atoms with Gasteiger partial charge < -0.3 is 14.2 Å². The number of aryl methyl sites for hydroxylation is 1. The number of nitro benzene ring substituents is 1. The molecular formula is C13H14N4O5. The first-order chi connectivity index (χ1) is 10.6. The summed E-state index contributed by atoms with van der Waals surface area (Å²) in [6.07, 6.45) is 1.41. The molecule has 0 bridgehead atoms. The third-order valence-electron chi connectivity index (χ3n) is 3.19. The van der Waals surface area contributed by atoms with Gasteiger partial charge in [-0.25, -0.2) is 4.98 Å². The van der Waals surface area contributed by atoms with E-state index >= 15 is 0 Å². The smallest absolute Gasteiger partial charge is 0.315 e. The van der Waals surface area contributed by atoms with E-state index < -0.39 is 4.92 Å². The minimum Gasteiger partial charge on any atom is -0.490 e. The lowest BCUT2D eigenvalue weighted by Crippen LogP contribution is -2.38. The van der Waals surface area contributed by atoms with Crippen LogP contribution in [0.2, 0.25) is 0 Å². The summed E-state index contributed by atoms with van der Waals surface area (Å²) < 4.78 is 17.4. The van der Waals surface area contributed by atoms with Crippen molar-refractivity contribution >= 4 is 5.69 Å². The molecule has 0 unspecified atom stereocenters. The van der Waals surface area contributed by atoms with Gasteiger partial charge in [-0.05, 0) is 6.07 Å². The number of methoxy groups -OCH3 is 1. The van der Waals surface area contributed by atoms with Crippen LogP contribution in [0.5, 0.6) is 11.5 Å². The van der Waals surface area contributed by atoms with Crippen molar-refractivity contribution < 1.29 is 19.1 Å².